The molecule has 2 heteroatoms. The first-order valence-electron chi connectivity index (χ1n) is 5.87. The van der Waals surface area contributed by atoms with Crippen LogP contribution in [0.15, 0.2) is 24.3 Å². The Bertz CT molecular complexity index is 248. The van der Waals surface area contributed by atoms with Crippen molar-refractivity contribution >= 4 is 0 Å². The lowest BCUT2D eigenvalue weighted by Gasteiger charge is -2.24. The van der Waals surface area contributed by atoms with Gasteiger partial charge in [-0.2, -0.15) is 0 Å². The van der Waals surface area contributed by atoms with Gasteiger partial charge in [0.05, 0.1) is 12.2 Å². The Labute approximate surface area is 99.7 Å². The zero-order valence-electron chi connectivity index (χ0n) is 11.2. The van der Waals surface area contributed by atoms with Gasteiger partial charge in [0.1, 0.15) is 0 Å². The average Bonchev–Trinajstić information content (AvgIpc) is 2.12. The van der Waals surface area contributed by atoms with Gasteiger partial charge in [-0.3, -0.25) is 0 Å². The van der Waals surface area contributed by atoms with Gasteiger partial charge < -0.3 is 10.2 Å². The van der Waals surface area contributed by atoms with Gasteiger partial charge in [0, 0.05) is 11.8 Å². The number of hydrogen-bond acceptors (Lipinski definition) is 2. The molecule has 0 aromatic carbocycles. The van der Waals surface area contributed by atoms with E-state index in [0.29, 0.717) is 0 Å². The van der Waals surface area contributed by atoms with E-state index in [9.17, 15) is 10.2 Å². The minimum atomic E-state index is -0.700. The number of allylic oxidation sites excluding steroid dienone is 1. The molecule has 94 valence electrons. The Morgan fingerprint density at radius 1 is 1.31 bits per heavy atom. The number of rotatable bonds is 6. The van der Waals surface area contributed by atoms with Gasteiger partial charge in [0.25, 0.3) is 0 Å². The Balaban J connectivity index is 4.49. The molecule has 0 fully saturated rings. The summed E-state index contributed by atoms with van der Waals surface area (Å²) in [4.78, 5) is 0. The first-order valence-corrected chi connectivity index (χ1v) is 5.87. The predicted octanol–water partition coefficient (Wildman–Crippen LogP) is 2.77. The molecule has 0 aromatic rings. The summed E-state index contributed by atoms with van der Waals surface area (Å²) in [6.45, 7) is 13.6. The molecule has 0 radical (unpaired) electrons. The van der Waals surface area contributed by atoms with Crippen LogP contribution in [0.25, 0.3) is 0 Å². The standard InChI is InChI=1S/C14H26O2/c1-10(2)13(9-15)11(3)7-8-12(4)14(5,6)16/h7-8,11-13,15-16H,1,9H2,2-6H3/b8-7+/t11-,12+,13+/m1/s1. The topological polar surface area (TPSA) is 40.5 Å². The predicted molar refractivity (Wildman–Crippen MR) is 69.2 cm³/mol. The summed E-state index contributed by atoms with van der Waals surface area (Å²) in [5, 5.41) is 19.0. The van der Waals surface area contributed by atoms with E-state index in [2.05, 4.69) is 19.6 Å². The molecular weight excluding hydrogens is 200 g/mol. The maximum atomic E-state index is 9.79. The third-order valence-electron chi connectivity index (χ3n) is 3.28. The van der Waals surface area contributed by atoms with Gasteiger partial charge in [0.2, 0.25) is 0 Å². The van der Waals surface area contributed by atoms with Crippen molar-refractivity contribution in [2.45, 2.75) is 40.2 Å². The highest BCUT2D eigenvalue weighted by atomic mass is 16.3. The SMILES string of the molecule is C=C(C)[C@H](CO)[C@H](C)/C=C/[C@H](C)C(C)(C)O. The van der Waals surface area contributed by atoms with Crippen molar-refractivity contribution in [2.24, 2.45) is 17.8 Å². The van der Waals surface area contributed by atoms with Crippen LogP contribution in [0.4, 0.5) is 0 Å². The molecular formula is C14H26O2. The molecule has 2 N–H and O–H groups in total. The van der Waals surface area contributed by atoms with Crippen LogP contribution in [-0.2, 0) is 0 Å². The molecule has 16 heavy (non-hydrogen) atoms. The number of aliphatic hydroxyl groups excluding tert-OH is 1. The maximum Gasteiger partial charge on any atom is 0.0651 e. The molecule has 0 spiro atoms. The van der Waals surface area contributed by atoms with Crippen LogP contribution < -0.4 is 0 Å². The van der Waals surface area contributed by atoms with E-state index in [1.54, 1.807) is 13.8 Å². The molecule has 2 nitrogen and oxygen atoms in total. The van der Waals surface area contributed by atoms with Crippen molar-refractivity contribution < 1.29 is 10.2 Å². The Hall–Kier alpha value is -0.600. The first kappa shape index (κ1) is 15.4. The van der Waals surface area contributed by atoms with Gasteiger partial charge in [-0.25, -0.2) is 0 Å². The minimum absolute atomic E-state index is 0.0967. The highest BCUT2D eigenvalue weighted by Crippen LogP contribution is 2.23. The first-order chi connectivity index (χ1) is 7.20. The Morgan fingerprint density at radius 3 is 2.12 bits per heavy atom. The van der Waals surface area contributed by atoms with Crippen molar-refractivity contribution in [2.75, 3.05) is 6.61 Å². The number of hydrogen-bond donors (Lipinski definition) is 2. The van der Waals surface area contributed by atoms with Crippen molar-refractivity contribution in [3.63, 3.8) is 0 Å². The fraction of sp³-hybridized carbons (Fsp3) is 0.714. The van der Waals surface area contributed by atoms with Crippen molar-refractivity contribution in [3.05, 3.63) is 24.3 Å². The van der Waals surface area contributed by atoms with E-state index in [-0.39, 0.29) is 24.4 Å². The smallest absolute Gasteiger partial charge is 0.0651 e. The van der Waals surface area contributed by atoms with Crippen molar-refractivity contribution in [3.8, 4) is 0 Å². The van der Waals surface area contributed by atoms with Gasteiger partial charge in [-0.05, 0) is 26.7 Å². The summed E-state index contributed by atoms with van der Waals surface area (Å²) < 4.78 is 0. The van der Waals surface area contributed by atoms with Crippen LogP contribution in [-0.4, -0.2) is 22.4 Å². The van der Waals surface area contributed by atoms with Crippen LogP contribution in [0.3, 0.4) is 0 Å². The molecule has 0 aliphatic rings. The zero-order valence-corrected chi connectivity index (χ0v) is 11.2. The van der Waals surface area contributed by atoms with Crippen LogP contribution in [0.1, 0.15) is 34.6 Å². The normalized spacial score (nSPS) is 18.4. The summed E-state index contributed by atoms with van der Waals surface area (Å²) in [7, 11) is 0. The second-order valence-corrected chi connectivity index (χ2v) is 5.32. The summed E-state index contributed by atoms with van der Waals surface area (Å²) in [5.41, 5.74) is 0.296. The van der Waals surface area contributed by atoms with Gasteiger partial charge in [0.15, 0.2) is 0 Å². The summed E-state index contributed by atoms with van der Waals surface area (Å²) in [6.07, 6.45) is 4.06. The molecule has 0 heterocycles. The number of aliphatic hydroxyl groups is 2. The van der Waals surface area contributed by atoms with Gasteiger partial charge in [-0.1, -0.05) is 38.2 Å². The van der Waals surface area contributed by atoms with Crippen LogP contribution in [0.5, 0.6) is 0 Å². The molecule has 0 aliphatic carbocycles. The Morgan fingerprint density at radius 2 is 1.81 bits per heavy atom. The molecule has 0 amide bonds. The van der Waals surface area contributed by atoms with Crippen LogP contribution in [0, 0.1) is 17.8 Å². The molecule has 0 unspecified atom stereocenters. The third-order valence-corrected chi connectivity index (χ3v) is 3.28. The molecule has 0 aromatic heterocycles. The van der Waals surface area contributed by atoms with E-state index < -0.39 is 5.60 Å². The fourth-order valence-electron chi connectivity index (χ4n) is 1.48. The highest BCUT2D eigenvalue weighted by Gasteiger charge is 2.20. The van der Waals surface area contributed by atoms with E-state index in [4.69, 9.17) is 0 Å². The minimum Gasteiger partial charge on any atom is -0.396 e. The second kappa shape index (κ2) is 6.21. The zero-order chi connectivity index (χ0) is 12.9. The lowest BCUT2D eigenvalue weighted by molar-refractivity contribution is 0.0438. The van der Waals surface area contributed by atoms with Crippen LogP contribution in [0.2, 0.25) is 0 Å². The van der Waals surface area contributed by atoms with E-state index in [0.717, 1.165) is 5.57 Å². The van der Waals surface area contributed by atoms with E-state index >= 15 is 0 Å². The van der Waals surface area contributed by atoms with Crippen LogP contribution >= 0.6 is 0 Å². The Kier molecular flexibility index (Phi) is 5.98. The fourth-order valence-corrected chi connectivity index (χ4v) is 1.48. The summed E-state index contributed by atoms with van der Waals surface area (Å²) in [5.74, 6) is 0.442. The lowest BCUT2D eigenvalue weighted by atomic mass is 9.86. The third kappa shape index (κ3) is 4.95. The quantitative estimate of drug-likeness (QED) is 0.684. The second-order valence-electron chi connectivity index (χ2n) is 5.32. The van der Waals surface area contributed by atoms with Gasteiger partial charge >= 0.3 is 0 Å². The summed E-state index contributed by atoms with van der Waals surface area (Å²) >= 11 is 0. The molecule has 0 saturated carbocycles. The highest BCUT2D eigenvalue weighted by molar-refractivity contribution is 5.05. The van der Waals surface area contributed by atoms with Gasteiger partial charge in [-0.15, -0.1) is 0 Å². The average molecular weight is 226 g/mol. The monoisotopic (exact) mass is 226 g/mol. The molecule has 0 saturated heterocycles. The largest absolute Gasteiger partial charge is 0.396 e. The van der Waals surface area contributed by atoms with E-state index in [1.807, 2.05) is 19.9 Å². The van der Waals surface area contributed by atoms with E-state index in [1.165, 1.54) is 0 Å². The van der Waals surface area contributed by atoms with Crippen molar-refractivity contribution in [1.29, 1.82) is 0 Å². The maximum absolute atomic E-state index is 9.79. The summed E-state index contributed by atoms with van der Waals surface area (Å²) in [6, 6.07) is 0. The lowest BCUT2D eigenvalue weighted by Crippen LogP contribution is -2.27. The molecule has 0 rings (SSSR count). The molecule has 0 aliphatic heterocycles. The molecule has 3 atom stereocenters. The van der Waals surface area contributed by atoms with Crippen molar-refractivity contribution in [1.82, 2.24) is 0 Å². The molecule has 0 bridgehead atoms.